The summed E-state index contributed by atoms with van der Waals surface area (Å²) in [7, 11) is -3.33. The Kier molecular flexibility index (Phi) is 4.24. The summed E-state index contributed by atoms with van der Waals surface area (Å²) in [5.41, 5.74) is 0. The molecule has 0 amide bonds. The van der Waals surface area contributed by atoms with Crippen molar-refractivity contribution in [2.45, 2.75) is 44.2 Å². The van der Waals surface area contributed by atoms with Crippen LogP contribution in [-0.2, 0) is 14.8 Å². The molecule has 7 heteroatoms. The van der Waals surface area contributed by atoms with Gasteiger partial charge in [-0.25, -0.2) is 13.1 Å². The van der Waals surface area contributed by atoms with Crippen LogP contribution in [-0.4, -0.2) is 55.3 Å². The summed E-state index contributed by atoms with van der Waals surface area (Å²) in [6, 6.07) is 0.673. The maximum absolute atomic E-state index is 11.7. The van der Waals surface area contributed by atoms with E-state index in [0.717, 1.165) is 19.5 Å². The molecule has 1 unspecified atom stereocenters. The van der Waals surface area contributed by atoms with E-state index < -0.39 is 16.0 Å². The highest BCUT2D eigenvalue weighted by Gasteiger charge is 2.35. The van der Waals surface area contributed by atoms with Gasteiger partial charge < -0.3 is 5.11 Å². The summed E-state index contributed by atoms with van der Waals surface area (Å²) < 4.78 is 26.2. The minimum Gasteiger partial charge on any atom is -0.481 e. The predicted molar refractivity (Wildman–Crippen MR) is 66.8 cm³/mol. The van der Waals surface area contributed by atoms with Crippen LogP contribution < -0.4 is 4.72 Å². The number of sulfonamides is 1. The molecule has 104 valence electrons. The Labute approximate surface area is 107 Å². The van der Waals surface area contributed by atoms with Crippen LogP contribution in [0.25, 0.3) is 0 Å². The van der Waals surface area contributed by atoms with Gasteiger partial charge >= 0.3 is 5.97 Å². The van der Waals surface area contributed by atoms with Crippen molar-refractivity contribution in [1.29, 1.82) is 0 Å². The van der Waals surface area contributed by atoms with Crippen LogP contribution in [0.5, 0.6) is 0 Å². The topological polar surface area (TPSA) is 86.7 Å². The molecule has 0 aromatic carbocycles. The first kappa shape index (κ1) is 13.8. The lowest BCUT2D eigenvalue weighted by Crippen LogP contribution is -2.38. The number of likely N-dealkylation sites (tertiary alicyclic amines) is 1. The molecule has 1 heterocycles. The van der Waals surface area contributed by atoms with Gasteiger partial charge in [-0.1, -0.05) is 0 Å². The number of carboxylic acid groups (broad SMARTS) is 1. The summed E-state index contributed by atoms with van der Waals surface area (Å²) in [4.78, 5) is 12.7. The zero-order valence-electron chi connectivity index (χ0n) is 10.3. The van der Waals surface area contributed by atoms with Crippen LogP contribution in [0.3, 0.4) is 0 Å². The van der Waals surface area contributed by atoms with Gasteiger partial charge in [0.15, 0.2) is 0 Å². The van der Waals surface area contributed by atoms with E-state index in [2.05, 4.69) is 9.62 Å². The van der Waals surface area contributed by atoms with Gasteiger partial charge in [-0.3, -0.25) is 9.69 Å². The summed E-state index contributed by atoms with van der Waals surface area (Å²) in [5.74, 6) is -1.05. The highest BCUT2D eigenvalue weighted by Crippen LogP contribution is 2.29. The Bertz CT molecular complexity index is 405. The molecule has 1 aliphatic carbocycles. The van der Waals surface area contributed by atoms with E-state index in [4.69, 9.17) is 5.11 Å². The van der Waals surface area contributed by atoms with E-state index in [1.807, 2.05) is 0 Å². The average Bonchev–Trinajstić information content (AvgIpc) is 2.99. The van der Waals surface area contributed by atoms with Crippen molar-refractivity contribution in [2.24, 2.45) is 0 Å². The van der Waals surface area contributed by atoms with E-state index in [-0.39, 0.29) is 24.6 Å². The third-order valence-electron chi connectivity index (χ3n) is 3.43. The van der Waals surface area contributed by atoms with Crippen molar-refractivity contribution in [3.8, 4) is 0 Å². The van der Waals surface area contributed by atoms with Crippen molar-refractivity contribution in [3.05, 3.63) is 0 Å². The summed E-state index contributed by atoms with van der Waals surface area (Å²) in [6.07, 6.45) is 3.40. The fraction of sp³-hybridized carbons (Fsp3) is 0.909. The molecule has 0 bridgehead atoms. The SMILES string of the molecule is O=C(O)CCCS(=O)(=O)NC1CCN(C2CC2)C1. The van der Waals surface area contributed by atoms with Gasteiger partial charge in [0.25, 0.3) is 0 Å². The molecule has 1 atom stereocenters. The molecule has 0 aromatic heterocycles. The molecule has 18 heavy (non-hydrogen) atoms. The fourth-order valence-corrected chi connectivity index (χ4v) is 3.72. The quantitative estimate of drug-likeness (QED) is 0.684. The minimum absolute atomic E-state index is 0.000396. The van der Waals surface area contributed by atoms with Crippen LogP contribution in [0, 0.1) is 0 Å². The number of carbonyl (C=O) groups is 1. The van der Waals surface area contributed by atoms with Crippen molar-refractivity contribution in [1.82, 2.24) is 9.62 Å². The van der Waals surface area contributed by atoms with Crippen molar-refractivity contribution < 1.29 is 18.3 Å². The number of carboxylic acids is 1. The molecular formula is C11H20N2O4S. The van der Waals surface area contributed by atoms with Gasteiger partial charge in [-0.2, -0.15) is 0 Å². The Balaban J connectivity index is 1.72. The number of nitrogens with zero attached hydrogens (tertiary/aromatic N) is 1. The minimum atomic E-state index is -3.33. The van der Waals surface area contributed by atoms with E-state index in [1.54, 1.807) is 0 Å². The monoisotopic (exact) mass is 276 g/mol. The smallest absolute Gasteiger partial charge is 0.303 e. The van der Waals surface area contributed by atoms with Gasteiger partial charge in [0.1, 0.15) is 0 Å². The van der Waals surface area contributed by atoms with Gasteiger partial charge in [0, 0.05) is 31.6 Å². The highest BCUT2D eigenvalue weighted by molar-refractivity contribution is 7.89. The Morgan fingerprint density at radius 3 is 2.67 bits per heavy atom. The zero-order chi connectivity index (χ0) is 13.2. The van der Waals surface area contributed by atoms with Crippen LogP contribution >= 0.6 is 0 Å². The number of rotatable bonds is 7. The number of hydrogen-bond acceptors (Lipinski definition) is 4. The molecule has 1 saturated carbocycles. The molecule has 0 aromatic rings. The Morgan fingerprint density at radius 1 is 1.33 bits per heavy atom. The first-order chi connectivity index (χ1) is 8.46. The molecule has 2 rings (SSSR count). The summed E-state index contributed by atoms with van der Waals surface area (Å²) >= 11 is 0. The van der Waals surface area contributed by atoms with Crippen LogP contribution in [0.1, 0.15) is 32.1 Å². The maximum Gasteiger partial charge on any atom is 0.303 e. The lowest BCUT2D eigenvalue weighted by molar-refractivity contribution is -0.137. The van der Waals surface area contributed by atoms with E-state index in [1.165, 1.54) is 12.8 Å². The number of nitrogens with one attached hydrogen (secondary N) is 1. The highest BCUT2D eigenvalue weighted by atomic mass is 32.2. The molecule has 2 fully saturated rings. The van der Waals surface area contributed by atoms with E-state index in [0.29, 0.717) is 6.04 Å². The predicted octanol–water partition coefficient (Wildman–Crippen LogP) is 0.00730. The molecule has 2 N–H and O–H groups in total. The lowest BCUT2D eigenvalue weighted by atomic mass is 10.3. The van der Waals surface area contributed by atoms with Gasteiger partial charge in [-0.15, -0.1) is 0 Å². The summed E-state index contributed by atoms with van der Waals surface area (Å²) in [5, 5.41) is 8.48. The molecule has 0 spiro atoms. The molecule has 2 aliphatic rings. The van der Waals surface area contributed by atoms with E-state index >= 15 is 0 Å². The van der Waals surface area contributed by atoms with Crippen LogP contribution in [0.15, 0.2) is 0 Å². The molecule has 6 nitrogen and oxygen atoms in total. The van der Waals surface area contributed by atoms with Gasteiger partial charge in [0.05, 0.1) is 5.75 Å². The van der Waals surface area contributed by atoms with Crippen LogP contribution in [0.2, 0.25) is 0 Å². The van der Waals surface area contributed by atoms with Crippen molar-refractivity contribution in [2.75, 3.05) is 18.8 Å². The number of aliphatic carboxylic acids is 1. The molecule has 1 saturated heterocycles. The maximum atomic E-state index is 11.7. The third-order valence-corrected chi connectivity index (χ3v) is 4.95. The second kappa shape index (κ2) is 5.54. The Hall–Kier alpha value is -0.660. The summed E-state index contributed by atoms with van der Waals surface area (Å²) in [6.45, 7) is 1.76. The van der Waals surface area contributed by atoms with E-state index in [9.17, 15) is 13.2 Å². The van der Waals surface area contributed by atoms with Crippen molar-refractivity contribution >= 4 is 16.0 Å². The largest absolute Gasteiger partial charge is 0.481 e. The normalized spacial score (nSPS) is 25.4. The average molecular weight is 276 g/mol. The van der Waals surface area contributed by atoms with Gasteiger partial charge in [-0.05, 0) is 25.7 Å². The first-order valence-corrected chi connectivity index (χ1v) is 8.07. The molecular weight excluding hydrogens is 256 g/mol. The molecule has 0 radical (unpaired) electrons. The first-order valence-electron chi connectivity index (χ1n) is 6.42. The Morgan fingerprint density at radius 2 is 2.06 bits per heavy atom. The third kappa shape index (κ3) is 4.22. The molecule has 1 aliphatic heterocycles. The van der Waals surface area contributed by atoms with Crippen LogP contribution in [0.4, 0.5) is 0 Å². The number of hydrogen-bond donors (Lipinski definition) is 2. The second-order valence-electron chi connectivity index (χ2n) is 5.15. The van der Waals surface area contributed by atoms with Crippen molar-refractivity contribution in [3.63, 3.8) is 0 Å². The zero-order valence-corrected chi connectivity index (χ0v) is 11.2. The fourth-order valence-electron chi connectivity index (χ4n) is 2.38. The van der Waals surface area contributed by atoms with Gasteiger partial charge in [0.2, 0.25) is 10.0 Å². The lowest BCUT2D eigenvalue weighted by Gasteiger charge is -2.15. The second-order valence-corrected chi connectivity index (χ2v) is 7.02. The standard InChI is InChI=1S/C11H20N2O4S/c14-11(15)2-1-7-18(16,17)12-9-5-6-13(8-9)10-3-4-10/h9-10,12H,1-8H2,(H,14,15).